The minimum atomic E-state index is -0.406. The molecule has 1 aliphatic rings. The second-order valence-corrected chi connectivity index (χ2v) is 4.87. The number of aliphatic hydroxyl groups is 1. The smallest absolute Gasteiger partial charge is 0.0889 e. The van der Waals surface area contributed by atoms with Crippen LogP contribution in [0.25, 0.3) is 0 Å². The quantitative estimate of drug-likeness (QED) is 0.834. The standard InChI is InChI=1S/C11H13BrO2/c1-11(7-14-6-10(11)13)8-3-2-4-9(12)5-8/h2-5,10,13H,6-7H2,1H3. The van der Waals surface area contributed by atoms with Gasteiger partial charge < -0.3 is 9.84 Å². The number of ether oxygens (including phenoxy) is 1. The van der Waals surface area contributed by atoms with E-state index in [1.807, 2.05) is 31.2 Å². The van der Waals surface area contributed by atoms with Crippen LogP contribution in [0.3, 0.4) is 0 Å². The molecule has 0 spiro atoms. The molecule has 1 N–H and O–H groups in total. The fourth-order valence-corrected chi connectivity index (χ4v) is 2.18. The summed E-state index contributed by atoms with van der Waals surface area (Å²) in [5.41, 5.74) is 0.862. The van der Waals surface area contributed by atoms with Gasteiger partial charge in [-0.1, -0.05) is 35.0 Å². The Hall–Kier alpha value is -0.380. The lowest BCUT2D eigenvalue weighted by Crippen LogP contribution is -2.35. The van der Waals surface area contributed by atoms with Crippen molar-refractivity contribution in [2.24, 2.45) is 0 Å². The van der Waals surface area contributed by atoms with Crippen LogP contribution in [0.5, 0.6) is 0 Å². The van der Waals surface area contributed by atoms with Crippen LogP contribution in [-0.2, 0) is 10.2 Å². The average molecular weight is 257 g/mol. The first-order valence-corrected chi connectivity index (χ1v) is 5.44. The minimum Gasteiger partial charge on any atom is -0.390 e. The van der Waals surface area contributed by atoms with Gasteiger partial charge in [-0.2, -0.15) is 0 Å². The zero-order chi connectivity index (χ0) is 10.2. The maximum absolute atomic E-state index is 9.85. The Kier molecular flexibility index (Phi) is 2.64. The van der Waals surface area contributed by atoms with Crippen LogP contribution in [0.1, 0.15) is 12.5 Å². The van der Waals surface area contributed by atoms with Crippen molar-refractivity contribution >= 4 is 15.9 Å². The van der Waals surface area contributed by atoms with Crippen LogP contribution in [-0.4, -0.2) is 24.4 Å². The van der Waals surface area contributed by atoms with Gasteiger partial charge in [-0.3, -0.25) is 0 Å². The predicted octanol–water partition coefficient (Wildman–Crippen LogP) is 2.10. The zero-order valence-electron chi connectivity index (χ0n) is 8.03. The largest absolute Gasteiger partial charge is 0.390 e. The highest BCUT2D eigenvalue weighted by Gasteiger charge is 2.40. The molecule has 0 aliphatic carbocycles. The highest BCUT2D eigenvalue weighted by atomic mass is 79.9. The fraction of sp³-hybridized carbons (Fsp3) is 0.455. The van der Waals surface area contributed by atoms with E-state index in [4.69, 9.17) is 4.74 Å². The molecule has 0 aromatic heterocycles. The van der Waals surface area contributed by atoms with E-state index in [9.17, 15) is 5.11 Å². The van der Waals surface area contributed by atoms with Gasteiger partial charge in [-0.15, -0.1) is 0 Å². The highest BCUT2D eigenvalue weighted by molar-refractivity contribution is 9.10. The molecule has 1 aromatic rings. The van der Waals surface area contributed by atoms with Crippen molar-refractivity contribution in [3.05, 3.63) is 34.3 Å². The summed E-state index contributed by atoms with van der Waals surface area (Å²) in [4.78, 5) is 0. The van der Waals surface area contributed by atoms with Crippen molar-refractivity contribution in [1.82, 2.24) is 0 Å². The SMILES string of the molecule is CC1(c2cccc(Br)c2)COCC1O. The van der Waals surface area contributed by atoms with E-state index in [1.165, 1.54) is 0 Å². The normalized spacial score (nSPS) is 32.1. The first-order chi connectivity index (χ1) is 6.63. The molecule has 2 atom stereocenters. The van der Waals surface area contributed by atoms with E-state index in [0.29, 0.717) is 13.2 Å². The summed E-state index contributed by atoms with van der Waals surface area (Å²) in [6, 6.07) is 8.03. The van der Waals surface area contributed by atoms with Gasteiger partial charge in [0.05, 0.1) is 19.3 Å². The van der Waals surface area contributed by atoms with Crippen LogP contribution in [0.2, 0.25) is 0 Å². The monoisotopic (exact) mass is 256 g/mol. The van der Waals surface area contributed by atoms with Gasteiger partial charge in [0, 0.05) is 9.89 Å². The first kappa shape index (κ1) is 10.1. The summed E-state index contributed by atoms with van der Waals surface area (Å²) < 4.78 is 6.34. The van der Waals surface area contributed by atoms with Crippen molar-refractivity contribution in [2.75, 3.05) is 13.2 Å². The molecule has 1 aromatic carbocycles. The van der Waals surface area contributed by atoms with Crippen LogP contribution in [0.15, 0.2) is 28.7 Å². The van der Waals surface area contributed by atoms with Crippen LogP contribution in [0.4, 0.5) is 0 Å². The van der Waals surface area contributed by atoms with E-state index in [1.54, 1.807) is 0 Å². The molecule has 76 valence electrons. The van der Waals surface area contributed by atoms with Crippen molar-refractivity contribution in [1.29, 1.82) is 0 Å². The zero-order valence-corrected chi connectivity index (χ0v) is 9.62. The molecule has 0 bridgehead atoms. The fourth-order valence-electron chi connectivity index (χ4n) is 1.78. The second kappa shape index (κ2) is 3.65. The number of aliphatic hydroxyl groups excluding tert-OH is 1. The molecule has 1 saturated heterocycles. The van der Waals surface area contributed by atoms with Crippen LogP contribution >= 0.6 is 15.9 Å². The topological polar surface area (TPSA) is 29.5 Å². The molecule has 0 saturated carbocycles. The van der Waals surface area contributed by atoms with Gasteiger partial charge in [-0.25, -0.2) is 0 Å². The summed E-state index contributed by atoms with van der Waals surface area (Å²) in [5.74, 6) is 0. The van der Waals surface area contributed by atoms with Gasteiger partial charge in [0.2, 0.25) is 0 Å². The lowest BCUT2D eigenvalue weighted by atomic mass is 9.80. The third-order valence-corrected chi connectivity index (χ3v) is 3.39. The lowest BCUT2D eigenvalue weighted by Gasteiger charge is -2.26. The van der Waals surface area contributed by atoms with Crippen molar-refractivity contribution in [3.63, 3.8) is 0 Å². The van der Waals surface area contributed by atoms with E-state index >= 15 is 0 Å². The maximum atomic E-state index is 9.85. The number of hydrogen-bond donors (Lipinski definition) is 1. The van der Waals surface area contributed by atoms with E-state index in [0.717, 1.165) is 10.0 Å². The Bertz CT molecular complexity index is 340. The van der Waals surface area contributed by atoms with Crippen molar-refractivity contribution in [3.8, 4) is 0 Å². The summed E-state index contributed by atoms with van der Waals surface area (Å²) in [7, 11) is 0. The molecule has 2 unspecified atom stereocenters. The van der Waals surface area contributed by atoms with E-state index < -0.39 is 6.10 Å². The molecule has 1 heterocycles. The Morgan fingerprint density at radius 1 is 1.57 bits per heavy atom. The first-order valence-electron chi connectivity index (χ1n) is 4.65. The van der Waals surface area contributed by atoms with Gasteiger partial charge in [-0.05, 0) is 17.7 Å². The van der Waals surface area contributed by atoms with Gasteiger partial charge >= 0.3 is 0 Å². The average Bonchev–Trinajstić information content (AvgIpc) is 2.49. The highest BCUT2D eigenvalue weighted by Crippen LogP contribution is 2.33. The van der Waals surface area contributed by atoms with Gasteiger partial charge in [0.15, 0.2) is 0 Å². The lowest BCUT2D eigenvalue weighted by molar-refractivity contribution is 0.113. The summed E-state index contributed by atoms with van der Waals surface area (Å²) >= 11 is 3.43. The maximum Gasteiger partial charge on any atom is 0.0889 e. The van der Waals surface area contributed by atoms with Crippen molar-refractivity contribution in [2.45, 2.75) is 18.4 Å². The Morgan fingerprint density at radius 3 is 2.93 bits per heavy atom. The number of hydrogen-bond acceptors (Lipinski definition) is 2. The van der Waals surface area contributed by atoms with Crippen molar-refractivity contribution < 1.29 is 9.84 Å². The van der Waals surface area contributed by atoms with E-state index in [2.05, 4.69) is 15.9 Å². The molecule has 14 heavy (non-hydrogen) atoms. The van der Waals surface area contributed by atoms with Crippen LogP contribution < -0.4 is 0 Å². The molecular formula is C11H13BrO2. The van der Waals surface area contributed by atoms with Crippen LogP contribution in [0, 0.1) is 0 Å². The predicted molar refractivity (Wildman–Crippen MR) is 58.3 cm³/mol. The molecule has 3 heteroatoms. The number of rotatable bonds is 1. The Labute approximate surface area is 92.0 Å². The van der Waals surface area contributed by atoms with Gasteiger partial charge in [0.25, 0.3) is 0 Å². The third-order valence-electron chi connectivity index (χ3n) is 2.90. The minimum absolute atomic E-state index is 0.260. The molecule has 0 radical (unpaired) electrons. The summed E-state index contributed by atoms with van der Waals surface area (Å²) in [5, 5.41) is 9.85. The molecule has 1 aliphatic heterocycles. The van der Waals surface area contributed by atoms with E-state index in [-0.39, 0.29) is 5.41 Å². The molecule has 0 amide bonds. The molecule has 2 rings (SSSR count). The second-order valence-electron chi connectivity index (χ2n) is 3.96. The number of benzene rings is 1. The Morgan fingerprint density at radius 2 is 2.36 bits per heavy atom. The Balaban J connectivity index is 2.38. The molecule has 1 fully saturated rings. The summed E-state index contributed by atoms with van der Waals surface area (Å²) in [6.45, 7) is 3.06. The molecular weight excluding hydrogens is 244 g/mol. The molecule has 2 nitrogen and oxygen atoms in total. The third kappa shape index (κ3) is 1.60. The summed E-state index contributed by atoms with van der Waals surface area (Å²) in [6.07, 6.45) is -0.406. The van der Waals surface area contributed by atoms with Gasteiger partial charge in [0.1, 0.15) is 0 Å². The number of halogens is 1.